The number of nitrogens with two attached hydrogens (primary N) is 1. The highest BCUT2D eigenvalue weighted by Gasteiger charge is 2.26. The van der Waals surface area contributed by atoms with Crippen molar-refractivity contribution >= 4 is 5.91 Å². The van der Waals surface area contributed by atoms with Gasteiger partial charge >= 0.3 is 0 Å². The van der Waals surface area contributed by atoms with Crippen molar-refractivity contribution in [1.82, 2.24) is 10.3 Å². The van der Waals surface area contributed by atoms with E-state index in [0.717, 1.165) is 18.6 Å². The van der Waals surface area contributed by atoms with Crippen LogP contribution in [-0.2, 0) is 21.5 Å². The first-order valence-electron chi connectivity index (χ1n) is 7.44. The highest BCUT2D eigenvalue weighted by Crippen LogP contribution is 2.22. The van der Waals surface area contributed by atoms with Gasteiger partial charge in [-0.25, -0.2) is 4.98 Å². The van der Waals surface area contributed by atoms with Gasteiger partial charge in [0, 0.05) is 18.6 Å². The quantitative estimate of drug-likeness (QED) is 0.875. The van der Waals surface area contributed by atoms with Crippen molar-refractivity contribution in [3.8, 4) is 0 Å². The molecule has 1 aliphatic rings. The smallest absolute Gasteiger partial charge is 0.237 e. The minimum atomic E-state index is -0.494. The molecule has 0 spiro atoms. The van der Waals surface area contributed by atoms with Gasteiger partial charge in [-0.1, -0.05) is 20.8 Å². The van der Waals surface area contributed by atoms with Gasteiger partial charge in [-0.15, -0.1) is 0 Å². The van der Waals surface area contributed by atoms with Crippen molar-refractivity contribution in [2.45, 2.75) is 51.6 Å². The molecule has 1 aromatic rings. The first kappa shape index (κ1) is 16.0. The summed E-state index contributed by atoms with van der Waals surface area (Å²) in [6, 6.07) is -0.494. The van der Waals surface area contributed by atoms with Gasteiger partial charge in [0.05, 0.1) is 18.8 Å². The Morgan fingerprint density at radius 2 is 2.14 bits per heavy atom. The maximum Gasteiger partial charge on any atom is 0.237 e. The number of aromatic nitrogens is 1. The topological polar surface area (TPSA) is 90.4 Å². The van der Waals surface area contributed by atoms with Gasteiger partial charge in [-0.05, 0) is 18.8 Å². The predicted octanol–water partition coefficient (Wildman–Crippen LogP) is 1.34. The van der Waals surface area contributed by atoms with Gasteiger partial charge in [0.1, 0.15) is 5.76 Å². The normalized spacial score (nSPS) is 18.5. The molecule has 0 aromatic carbocycles. The van der Waals surface area contributed by atoms with Crippen LogP contribution >= 0.6 is 0 Å². The number of rotatable bonds is 4. The van der Waals surface area contributed by atoms with Gasteiger partial charge in [0.2, 0.25) is 11.8 Å². The summed E-state index contributed by atoms with van der Waals surface area (Å²) >= 11 is 0. The van der Waals surface area contributed by atoms with E-state index in [0.29, 0.717) is 19.1 Å². The van der Waals surface area contributed by atoms with Crippen LogP contribution in [0.15, 0.2) is 10.6 Å². The summed E-state index contributed by atoms with van der Waals surface area (Å²) in [6.07, 6.45) is 3.38. The zero-order chi connectivity index (χ0) is 15.5. The second-order valence-electron chi connectivity index (χ2n) is 6.56. The van der Waals surface area contributed by atoms with E-state index in [1.54, 1.807) is 6.20 Å². The molecule has 1 unspecified atom stereocenters. The number of nitrogens with one attached hydrogen (secondary N) is 1. The number of oxazole rings is 1. The number of carbonyl (C=O) groups is 1. The highest BCUT2D eigenvalue weighted by molar-refractivity contribution is 5.81. The number of nitrogens with zero attached hydrogens (tertiary/aromatic N) is 1. The fourth-order valence-corrected chi connectivity index (χ4v) is 2.31. The molecule has 0 saturated carbocycles. The second-order valence-corrected chi connectivity index (χ2v) is 6.56. The molecular weight excluding hydrogens is 270 g/mol. The molecule has 6 nitrogen and oxygen atoms in total. The Hall–Kier alpha value is -1.40. The van der Waals surface area contributed by atoms with Crippen molar-refractivity contribution in [3.05, 3.63) is 17.8 Å². The van der Waals surface area contributed by atoms with Crippen molar-refractivity contribution in [2.24, 2.45) is 11.7 Å². The second kappa shape index (κ2) is 6.58. The van der Waals surface area contributed by atoms with E-state index in [2.05, 4.69) is 31.1 Å². The summed E-state index contributed by atoms with van der Waals surface area (Å²) in [5, 5.41) is 2.80. The Labute approximate surface area is 125 Å². The van der Waals surface area contributed by atoms with E-state index in [1.807, 2.05) is 0 Å². The van der Waals surface area contributed by atoms with Gasteiger partial charge in [0.25, 0.3) is 0 Å². The van der Waals surface area contributed by atoms with Gasteiger partial charge in [0.15, 0.2) is 0 Å². The number of amides is 1. The van der Waals surface area contributed by atoms with Gasteiger partial charge < -0.3 is 20.2 Å². The molecule has 1 saturated heterocycles. The van der Waals surface area contributed by atoms with E-state index >= 15 is 0 Å². The monoisotopic (exact) mass is 295 g/mol. The summed E-state index contributed by atoms with van der Waals surface area (Å²) in [4.78, 5) is 16.3. The summed E-state index contributed by atoms with van der Waals surface area (Å²) in [5.41, 5.74) is 5.92. The van der Waals surface area contributed by atoms with Crippen molar-refractivity contribution in [2.75, 3.05) is 13.2 Å². The van der Waals surface area contributed by atoms with Gasteiger partial charge in [-0.2, -0.15) is 0 Å². The van der Waals surface area contributed by atoms with Crippen LogP contribution in [0.2, 0.25) is 0 Å². The third-order valence-electron chi connectivity index (χ3n) is 3.78. The van der Waals surface area contributed by atoms with Gasteiger partial charge in [-0.3, -0.25) is 4.79 Å². The molecule has 6 heteroatoms. The molecule has 2 heterocycles. The van der Waals surface area contributed by atoms with E-state index in [1.165, 1.54) is 0 Å². The molecule has 1 atom stereocenters. The summed E-state index contributed by atoms with van der Waals surface area (Å²) < 4.78 is 10.9. The molecule has 1 aromatic heterocycles. The minimum absolute atomic E-state index is 0.0895. The maximum atomic E-state index is 12.1. The van der Waals surface area contributed by atoms with E-state index in [4.69, 9.17) is 14.9 Å². The van der Waals surface area contributed by atoms with Crippen LogP contribution in [0, 0.1) is 5.92 Å². The first-order chi connectivity index (χ1) is 9.88. The molecule has 21 heavy (non-hydrogen) atoms. The summed E-state index contributed by atoms with van der Waals surface area (Å²) in [7, 11) is 0. The third kappa shape index (κ3) is 4.28. The molecule has 1 amide bonds. The molecule has 2 rings (SSSR count). The lowest BCUT2D eigenvalue weighted by Crippen LogP contribution is -2.46. The average Bonchev–Trinajstić information content (AvgIpc) is 2.94. The maximum absolute atomic E-state index is 12.1. The van der Waals surface area contributed by atoms with E-state index in [9.17, 15) is 4.79 Å². The molecule has 118 valence electrons. The van der Waals surface area contributed by atoms with Crippen LogP contribution in [0.25, 0.3) is 0 Å². The number of hydrogen-bond acceptors (Lipinski definition) is 5. The van der Waals surface area contributed by atoms with Crippen LogP contribution in [0.5, 0.6) is 0 Å². The largest absolute Gasteiger partial charge is 0.443 e. The third-order valence-corrected chi connectivity index (χ3v) is 3.78. The Balaban J connectivity index is 1.84. The van der Waals surface area contributed by atoms with Crippen molar-refractivity contribution < 1.29 is 13.9 Å². The Bertz CT molecular complexity index is 473. The van der Waals surface area contributed by atoms with Crippen LogP contribution in [0.1, 0.15) is 45.3 Å². The SMILES string of the molecule is CC(C)(C)c1cnc(CNC(=O)C(N)C2CCOCC2)o1. The number of ether oxygens (including phenoxy) is 1. The average molecular weight is 295 g/mol. The Kier molecular flexibility index (Phi) is 5.00. The van der Waals surface area contributed by atoms with E-state index in [-0.39, 0.29) is 23.8 Å². The number of hydrogen-bond donors (Lipinski definition) is 2. The molecule has 0 bridgehead atoms. The van der Waals surface area contributed by atoms with Crippen LogP contribution in [0.4, 0.5) is 0 Å². The predicted molar refractivity (Wildman–Crippen MR) is 78.6 cm³/mol. The van der Waals surface area contributed by atoms with Crippen LogP contribution in [-0.4, -0.2) is 30.1 Å². The Morgan fingerprint density at radius 1 is 1.48 bits per heavy atom. The zero-order valence-electron chi connectivity index (χ0n) is 13.0. The zero-order valence-corrected chi connectivity index (χ0v) is 13.0. The standard InChI is InChI=1S/C15H25N3O3/c1-15(2,3)11-8-17-12(21-11)9-18-14(19)13(16)10-4-6-20-7-5-10/h8,10,13H,4-7,9,16H2,1-3H3,(H,18,19). The Morgan fingerprint density at radius 3 is 2.71 bits per heavy atom. The lowest BCUT2D eigenvalue weighted by Gasteiger charge is -2.26. The summed E-state index contributed by atoms with van der Waals surface area (Å²) in [5.74, 6) is 1.35. The fraction of sp³-hybridized carbons (Fsp3) is 0.733. The number of carbonyl (C=O) groups excluding carboxylic acids is 1. The summed E-state index contributed by atoms with van der Waals surface area (Å²) in [6.45, 7) is 7.79. The van der Waals surface area contributed by atoms with Crippen LogP contribution < -0.4 is 11.1 Å². The lowest BCUT2D eigenvalue weighted by atomic mass is 9.92. The molecule has 0 radical (unpaired) electrons. The molecule has 3 N–H and O–H groups in total. The molecule has 1 aliphatic heterocycles. The highest BCUT2D eigenvalue weighted by atomic mass is 16.5. The van der Waals surface area contributed by atoms with Crippen molar-refractivity contribution in [1.29, 1.82) is 0 Å². The minimum Gasteiger partial charge on any atom is -0.443 e. The molecular formula is C15H25N3O3. The fourth-order valence-electron chi connectivity index (χ4n) is 2.31. The first-order valence-corrected chi connectivity index (χ1v) is 7.44. The van der Waals surface area contributed by atoms with Crippen LogP contribution in [0.3, 0.4) is 0 Å². The lowest BCUT2D eigenvalue weighted by molar-refractivity contribution is -0.124. The van der Waals surface area contributed by atoms with Crippen molar-refractivity contribution in [3.63, 3.8) is 0 Å². The molecule has 1 fully saturated rings. The van der Waals surface area contributed by atoms with E-state index < -0.39 is 6.04 Å². The molecule has 0 aliphatic carbocycles.